The molecule has 1 saturated heterocycles. The third-order valence-electron chi connectivity index (χ3n) is 8.05. The zero-order valence-electron chi connectivity index (χ0n) is 26.8. The number of amides is 1. The molecule has 1 aromatic carbocycles. The molecule has 1 amide bonds. The summed E-state index contributed by atoms with van der Waals surface area (Å²) in [5.74, 6) is 1.01. The van der Waals surface area contributed by atoms with E-state index in [2.05, 4.69) is 25.5 Å². The van der Waals surface area contributed by atoms with Gasteiger partial charge in [-0.05, 0) is 75.2 Å². The summed E-state index contributed by atoms with van der Waals surface area (Å²) < 4.78 is 25.1. The number of ketones is 1. The molecule has 2 unspecified atom stereocenters. The topological polar surface area (TPSA) is 59.1 Å². The summed E-state index contributed by atoms with van der Waals surface area (Å²) in [5.41, 5.74) is 3.98. The van der Waals surface area contributed by atoms with E-state index in [0.717, 1.165) is 35.4 Å². The first-order chi connectivity index (χ1) is 20.4. The van der Waals surface area contributed by atoms with Crippen LogP contribution in [0.15, 0.2) is 89.6 Å². The van der Waals surface area contributed by atoms with Gasteiger partial charge in [0.1, 0.15) is 17.3 Å². The van der Waals surface area contributed by atoms with Gasteiger partial charge in [0.15, 0.2) is 5.78 Å². The lowest BCUT2D eigenvalue weighted by atomic mass is 9.85. The molecule has 0 saturated carbocycles. The van der Waals surface area contributed by atoms with Gasteiger partial charge in [-0.1, -0.05) is 57.2 Å². The van der Waals surface area contributed by atoms with E-state index in [4.69, 9.17) is 9.47 Å². The molecular formula is C36H47FN2O4. The van der Waals surface area contributed by atoms with Crippen LogP contribution in [0.5, 0.6) is 0 Å². The number of benzene rings is 1. The number of allylic oxidation sites excluding steroid dienone is 7. The van der Waals surface area contributed by atoms with Crippen LogP contribution in [0.2, 0.25) is 0 Å². The number of nitrogens with zero attached hydrogens (tertiary/aromatic N) is 2. The van der Waals surface area contributed by atoms with Crippen LogP contribution >= 0.6 is 0 Å². The minimum Gasteiger partial charge on any atom is -0.497 e. The molecule has 0 spiro atoms. The molecule has 1 aromatic rings. The summed E-state index contributed by atoms with van der Waals surface area (Å²) in [6, 6.07) is 6.20. The Morgan fingerprint density at radius 1 is 1.23 bits per heavy atom. The van der Waals surface area contributed by atoms with E-state index in [0.29, 0.717) is 49.6 Å². The highest BCUT2D eigenvalue weighted by Crippen LogP contribution is 2.37. The van der Waals surface area contributed by atoms with Gasteiger partial charge in [0.25, 0.3) is 0 Å². The van der Waals surface area contributed by atoms with E-state index in [1.165, 1.54) is 12.1 Å². The maximum atomic E-state index is 13.6. The zero-order valence-corrected chi connectivity index (χ0v) is 26.8. The number of ether oxygens (including phenoxy) is 2. The van der Waals surface area contributed by atoms with Crippen molar-refractivity contribution in [2.24, 2.45) is 11.3 Å². The highest BCUT2D eigenvalue weighted by atomic mass is 19.1. The van der Waals surface area contributed by atoms with Gasteiger partial charge in [-0.2, -0.15) is 0 Å². The average molecular weight is 591 g/mol. The number of carbonyl (C=O) groups is 2. The summed E-state index contributed by atoms with van der Waals surface area (Å²) in [7, 11) is 3.63. The number of carbonyl (C=O) groups excluding carboxylic acids is 2. The van der Waals surface area contributed by atoms with Gasteiger partial charge in [-0.3, -0.25) is 9.59 Å². The third kappa shape index (κ3) is 8.90. The van der Waals surface area contributed by atoms with Crippen molar-refractivity contribution in [3.05, 3.63) is 101 Å². The van der Waals surface area contributed by atoms with E-state index in [9.17, 15) is 14.0 Å². The van der Waals surface area contributed by atoms with Crippen molar-refractivity contribution in [2.45, 2.75) is 53.9 Å². The van der Waals surface area contributed by atoms with Crippen molar-refractivity contribution in [3.8, 4) is 0 Å². The number of rotatable bonds is 14. The van der Waals surface area contributed by atoms with Crippen molar-refractivity contribution < 1.29 is 23.5 Å². The number of hydrogen-bond acceptors (Lipinski definition) is 5. The number of Topliss-reactive ketones (excluding diaryl/α,β-unsaturated/α-hetero) is 1. The maximum absolute atomic E-state index is 13.6. The summed E-state index contributed by atoms with van der Waals surface area (Å²) in [5, 5.41) is 0. The van der Waals surface area contributed by atoms with Crippen LogP contribution in [0.1, 0.15) is 59.4 Å². The molecule has 1 fully saturated rings. The molecule has 43 heavy (non-hydrogen) atoms. The predicted octanol–water partition coefficient (Wildman–Crippen LogP) is 7.24. The van der Waals surface area contributed by atoms with Gasteiger partial charge in [0, 0.05) is 43.1 Å². The number of likely N-dealkylation sites (N-methyl/N-ethyl adjacent to an activating group) is 1. The second-order valence-electron chi connectivity index (χ2n) is 11.9. The van der Waals surface area contributed by atoms with Gasteiger partial charge in [0.2, 0.25) is 5.91 Å². The van der Waals surface area contributed by atoms with E-state index < -0.39 is 0 Å². The van der Waals surface area contributed by atoms with E-state index in [1.54, 1.807) is 19.2 Å². The Hall–Kier alpha value is -3.71. The second-order valence-corrected chi connectivity index (χ2v) is 11.9. The number of likely N-dealkylation sites (tertiary alicyclic amines) is 1. The first kappa shape index (κ1) is 33.8. The van der Waals surface area contributed by atoms with Crippen LogP contribution in [0, 0.1) is 17.2 Å². The van der Waals surface area contributed by atoms with Crippen LogP contribution in [0.3, 0.4) is 0 Å². The van der Waals surface area contributed by atoms with Crippen molar-refractivity contribution >= 4 is 17.3 Å². The Labute approximate surface area is 256 Å². The largest absolute Gasteiger partial charge is 0.497 e. The van der Waals surface area contributed by atoms with Crippen LogP contribution in [0.4, 0.5) is 4.39 Å². The molecule has 2 atom stereocenters. The molecule has 6 nitrogen and oxygen atoms in total. The normalized spacial score (nSPS) is 21.3. The Kier molecular flexibility index (Phi) is 11.9. The van der Waals surface area contributed by atoms with Crippen LogP contribution < -0.4 is 0 Å². The Morgan fingerprint density at radius 2 is 1.93 bits per heavy atom. The Balaban J connectivity index is 1.71. The van der Waals surface area contributed by atoms with Crippen LogP contribution in [0.25, 0.3) is 5.57 Å². The van der Waals surface area contributed by atoms with Crippen molar-refractivity contribution in [1.29, 1.82) is 0 Å². The van der Waals surface area contributed by atoms with Crippen molar-refractivity contribution in [3.63, 3.8) is 0 Å². The summed E-state index contributed by atoms with van der Waals surface area (Å²) in [4.78, 5) is 29.6. The molecule has 2 aliphatic rings. The zero-order chi connectivity index (χ0) is 31.7. The lowest BCUT2D eigenvalue weighted by molar-refractivity contribution is -0.126. The number of methoxy groups -OCH3 is 1. The van der Waals surface area contributed by atoms with Gasteiger partial charge < -0.3 is 19.3 Å². The van der Waals surface area contributed by atoms with Gasteiger partial charge >= 0.3 is 0 Å². The quantitative estimate of drug-likeness (QED) is 0.169. The molecule has 0 aromatic heterocycles. The molecule has 1 heterocycles. The fraction of sp³-hybridized carbons (Fsp3) is 0.444. The molecule has 1 aliphatic heterocycles. The van der Waals surface area contributed by atoms with Crippen LogP contribution in [-0.4, -0.2) is 61.9 Å². The van der Waals surface area contributed by atoms with E-state index >= 15 is 0 Å². The standard InChI is InChI=1S/C36H47FN2O4/c1-9-32(40)31-18-17-30(16-11-26(31)4)39-24-36(6,22-34(39)41)19-20-38(7)23-25(3)21-33(43-10-2)35(27(5)42-8)28-12-14-29(37)15-13-28/h11-18,21,26H,5,9-10,19-20,22-24H2,1-4,6-8H3. The molecule has 7 heteroatoms. The van der Waals surface area contributed by atoms with Gasteiger partial charge in [-0.25, -0.2) is 4.39 Å². The molecular weight excluding hydrogens is 543 g/mol. The van der Waals surface area contributed by atoms with E-state index in [1.807, 2.05) is 63.0 Å². The van der Waals surface area contributed by atoms with Crippen LogP contribution in [-0.2, 0) is 19.1 Å². The molecule has 0 bridgehead atoms. The SMILES string of the molecule is C=C(OC)C(=C(C=C(C)CN(C)CCC1(C)CC(=O)N(C2=CC=C(C(=O)CC)C(C)C=C2)C1)OCC)c1ccc(F)cc1. The fourth-order valence-electron chi connectivity index (χ4n) is 5.58. The van der Waals surface area contributed by atoms with Gasteiger partial charge in [0.05, 0.1) is 19.3 Å². The maximum Gasteiger partial charge on any atom is 0.227 e. The number of halogens is 1. The lowest BCUT2D eigenvalue weighted by Gasteiger charge is -2.27. The monoisotopic (exact) mass is 590 g/mol. The smallest absolute Gasteiger partial charge is 0.227 e. The van der Waals surface area contributed by atoms with Gasteiger partial charge in [-0.15, -0.1) is 0 Å². The first-order valence-corrected chi connectivity index (χ1v) is 15.1. The molecule has 3 rings (SSSR count). The molecule has 232 valence electrons. The van der Waals surface area contributed by atoms with Crippen molar-refractivity contribution in [2.75, 3.05) is 40.4 Å². The summed E-state index contributed by atoms with van der Waals surface area (Å²) >= 11 is 0. The predicted molar refractivity (Wildman–Crippen MR) is 171 cm³/mol. The minimum atomic E-state index is -0.315. The summed E-state index contributed by atoms with van der Waals surface area (Å²) in [6.45, 7) is 16.7. The van der Waals surface area contributed by atoms with Crippen molar-refractivity contribution in [1.82, 2.24) is 9.80 Å². The number of hydrogen-bond donors (Lipinski definition) is 0. The second kappa shape index (κ2) is 15.1. The Morgan fingerprint density at radius 3 is 2.56 bits per heavy atom. The molecule has 0 N–H and O–H groups in total. The lowest BCUT2D eigenvalue weighted by Crippen LogP contribution is -2.30. The molecule has 1 aliphatic carbocycles. The minimum absolute atomic E-state index is 0.0210. The first-order valence-electron chi connectivity index (χ1n) is 15.1. The third-order valence-corrected chi connectivity index (χ3v) is 8.05. The highest BCUT2D eigenvalue weighted by molar-refractivity contribution is 5.96. The fourth-order valence-corrected chi connectivity index (χ4v) is 5.58. The van der Waals surface area contributed by atoms with E-state index in [-0.39, 0.29) is 28.8 Å². The summed E-state index contributed by atoms with van der Waals surface area (Å²) in [6.07, 6.45) is 11.6. The highest BCUT2D eigenvalue weighted by Gasteiger charge is 2.40. The molecule has 0 radical (unpaired) electrons. The average Bonchev–Trinajstić information content (AvgIpc) is 3.14. The Bertz CT molecular complexity index is 1350.